The number of hydrazine groups is 1. The lowest BCUT2D eigenvalue weighted by molar-refractivity contribution is -0.119. The molecule has 0 aliphatic carbocycles. The second-order valence-electron chi connectivity index (χ2n) is 4.68. The monoisotopic (exact) mass is 292 g/mol. The number of nitrogens with zero attached hydrogens (tertiary/aromatic N) is 1. The zero-order chi connectivity index (χ0) is 13.6. The summed E-state index contributed by atoms with van der Waals surface area (Å²) in [4.78, 5) is 12.3. The van der Waals surface area contributed by atoms with Gasteiger partial charge in [-0.3, -0.25) is 4.79 Å². The van der Waals surface area contributed by atoms with E-state index in [1.165, 1.54) is 12.1 Å². The van der Waals surface area contributed by atoms with Gasteiger partial charge in [-0.25, -0.2) is 15.2 Å². The first-order valence-electron chi connectivity index (χ1n) is 6.07. The Hall–Kier alpha value is -1.91. The van der Waals surface area contributed by atoms with E-state index >= 15 is 0 Å². The molecule has 1 atom stereocenters. The molecule has 0 radical (unpaired) electrons. The van der Waals surface area contributed by atoms with Gasteiger partial charge < -0.3 is 0 Å². The number of hydrogen-bond acceptors (Lipinski definition) is 2. The molecule has 1 heterocycles. The van der Waals surface area contributed by atoms with E-state index in [2.05, 4.69) is 0 Å². The maximum Gasteiger partial charge on any atom is 0.248 e. The zero-order valence-electron chi connectivity index (χ0n) is 10.8. The van der Waals surface area contributed by atoms with Crippen LogP contribution >= 0.6 is 12.4 Å². The van der Waals surface area contributed by atoms with Gasteiger partial charge in [-0.05, 0) is 36.2 Å². The van der Waals surface area contributed by atoms with Crippen LogP contribution in [0.3, 0.4) is 0 Å². The van der Waals surface area contributed by atoms with Gasteiger partial charge >= 0.3 is 0 Å². The van der Waals surface area contributed by atoms with Crippen molar-refractivity contribution in [2.45, 2.75) is 12.8 Å². The standard InChI is InChI=1S/C15H13FN2O.ClH/c1-9-13-8-10(16)6-7-11(13)12-4-2-3-5-14(12)18(17)15(9)19;/h2-9H,17H2,1H3;1H. The minimum Gasteiger partial charge on any atom is -0.272 e. The van der Waals surface area contributed by atoms with E-state index in [0.29, 0.717) is 11.3 Å². The van der Waals surface area contributed by atoms with Gasteiger partial charge in [0.15, 0.2) is 0 Å². The number of carbonyl (C=O) groups excluding carboxylic acids is 1. The van der Waals surface area contributed by atoms with Gasteiger partial charge in [0.2, 0.25) is 5.91 Å². The Kier molecular flexibility index (Phi) is 3.79. The molecule has 3 nitrogen and oxygen atoms in total. The van der Waals surface area contributed by atoms with E-state index < -0.39 is 5.92 Å². The molecule has 5 heteroatoms. The number of carbonyl (C=O) groups is 1. The third kappa shape index (κ3) is 2.07. The molecule has 0 bridgehead atoms. The Morgan fingerprint density at radius 1 is 1.15 bits per heavy atom. The molecular weight excluding hydrogens is 279 g/mol. The summed E-state index contributed by atoms with van der Waals surface area (Å²) in [7, 11) is 0. The van der Waals surface area contributed by atoms with Crippen LogP contribution in [0.5, 0.6) is 0 Å². The van der Waals surface area contributed by atoms with Gasteiger partial charge in [-0.1, -0.05) is 24.3 Å². The molecule has 2 N–H and O–H groups in total. The van der Waals surface area contributed by atoms with Gasteiger partial charge in [0.25, 0.3) is 0 Å². The predicted octanol–water partition coefficient (Wildman–Crippen LogP) is 3.24. The average Bonchev–Trinajstić information content (AvgIpc) is 2.51. The molecule has 1 amide bonds. The quantitative estimate of drug-likeness (QED) is 0.598. The number of anilines is 1. The van der Waals surface area contributed by atoms with Crippen molar-refractivity contribution >= 4 is 24.0 Å². The van der Waals surface area contributed by atoms with Crippen molar-refractivity contribution in [2.75, 3.05) is 5.01 Å². The number of nitrogens with two attached hydrogens (primary N) is 1. The van der Waals surface area contributed by atoms with Crippen molar-refractivity contribution in [3.05, 3.63) is 53.8 Å². The Morgan fingerprint density at radius 2 is 1.85 bits per heavy atom. The van der Waals surface area contributed by atoms with Crippen LogP contribution in [-0.4, -0.2) is 5.91 Å². The van der Waals surface area contributed by atoms with Crippen LogP contribution in [0, 0.1) is 5.82 Å². The highest BCUT2D eigenvalue weighted by Gasteiger charge is 2.29. The number of para-hydroxylation sites is 1. The SMILES string of the molecule is CC1C(=O)N(N)c2ccccc2-c2ccc(F)cc21.Cl. The first-order valence-corrected chi connectivity index (χ1v) is 6.07. The molecule has 0 saturated heterocycles. The molecule has 1 unspecified atom stereocenters. The van der Waals surface area contributed by atoms with Gasteiger partial charge in [-0.2, -0.15) is 0 Å². The van der Waals surface area contributed by atoms with E-state index in [0.717, 1.165) is 16.1 Å². The highest BCUT2D eigenvalue weighted by molar-refractivity contribution is 6.04. The highest BCUT2D eigenvalue weighted by atomic mass is 35.5. The minimum absolute atomic E-state index is 0. The molecule has 1 aliphatic rings. The summed E-state index contributed by atoms with van der Waals surface area (Å²) in [6.45, 7) is 1.74. The fourth-order valence-corrected chi connectivity index (χ4v) is 2.51. The van der Waals surface area contributed by atoms with Crippen molar-refractivity contribution in [3.8, 4) is 11.1 Å². The Bertz CT molecular complexity index is 675. The minimum atomic E-state index is -0.469. The van der Waals surface area contributed by atoms with E-state index in [9.17, 15) is 9.18 Å². The van der Waals surface area contributed by atoms with Crippen LogP contribution in [0.4, 0.5) is 10.1 Å². The number of rotatable bonds is 0. The Morgan fingerprint density at radius 3 is 2.60 bits per heavy atom. The van der Waals surface area contributed by atoms with Crippen molar-refractivity contribution in [2.24, 2.45) is 5.84 Å². The largest absolute Gasteiger partial charge is 0.272 e. The summed E-state index contributed by atoms with van der Waals surface area (Å²) in [5.41, 5.74) is 3.01. The summed E-state index contributed by atoms with van der Waals surface area (Å²) >= 11 is 0. The Balaban J connectivity index is 0.00000147. The lowest BCUT2D eigenvalue weighted by Gasteiger charge is -2.18. The smallest absolute Gasteiger partial charge is 0.248 e. The van der Waals surface area contributed by atoms with E-state index in [4.69, 9.17) is 5.84 Å². The second kappa shape index (κ2) is 5.23. The number of halogens is 2. The molecule has 0 spiro atoms. The van der Waals surface area contributed by atoms with Gasteiger partial charge in [0.05, 0.1) is 11.6 Å². The molecule has 1 aliphatic heterocycles. The first kappa shape index (κ1) is 14.5. The molecular formula is C15H14ClFN2O. The average molecular weight is 293 g/mol. The van der Waals surface area contributed by atoms with Crippen LogP contribution in [0.25, 0.3) is 11.1 Å². The van der Waals surface area contributed by atoms with Crippen LogP contribution < -0.4 is 10.9 Å². The molecule has 104 valence electrons. The molecule has 0 saturated carbocycles. The fraction of sp³-hybridized carbons (Fsp3) is 0.133. The van der Waals surface area contributed by atoms with Crippen LogP contribution in [0.15, 0.2) is 42.5 Å². The lowest BCUT2D eigenvalue weighted by Crippen LogP contribution is -2.39. The van der Waals surface area contributed by atoms with Crippen molar-refractivity contribution < 1.29 is 9.18 Å². The second-order valence-corrected chi connectivity index (χ2v) is 4.68. The molecule has 3 rings (SSSR count). The number of benzene rings is 2. The Labute approximate surface area is 122 Å². The van der Waals surface area contributed by atoms with Crippen molar-refractivity contribution in [3.63, 3.8) is 0 Å². The summed E-state index contributed by atoms with van der Waals surface area (Å²) in [6.07, 6.45) is 0. The first-order chi connectivity index (χ1) is 9.09. The summed E-state index contributed by atoms with van der Waals surface area (Å²) in [5, 5.41) is 1.15. The van der Waals surface area contributed by atoms with Gasteiger partial charge in [0, 0.05) is 5.56 Å². The van der Waals surface area contributed by atoms with Crippen LogP contribution in [-0.2, 0) is 4.79 Å². The predicted molar refractivity (Wildman–Crippen MR) is 79.2 cm³/mol. The van der Waals surface area contributed by atoms with Crippen LogP contribution in [0.2, 0.25) is 0 Å². The number of hydrogen-bond donors (Lipinski definition) is 1. The molecule has 2 aromatic carbocycles. The van der Waals surface area contributed by atoms with Crippen molar-refractivity contribution in [1.82, 2.24) is 0 Å². The number of fused-ring (bicyclic) bond motifs is 3. The third-order valence-electron chi connectivity index (χ3n) is 3.54. The molecule has 0 fully saturated rings. The lowest BCUT2D eigenvalue weighted by atomic mass is 9.92. The molecule has 0 aromatic heterocycles. The van der Waals surface area contributed by atoms with E-state index in [1.807, 2.05) is 18.2 Å². The van der Waals surface area contributed by atoms with E-state index in [-0.39, 0.29) is 24.1 Å². The highest BCUT2D eigenvalue weighted by Crippen LogP contribution is 2.39. The zero-order valence-corrected chi connectivity index (χ0v) is 11.7. The maximum absolute atomic E-state index is 13.4. The van der Waals surface area contributed by atoms with E-state index in [1.54, 1.807) is 19.1 Å². The van der Waals surface area contributed by atoms with Crippen LogP contribution in [0.1, 0.15) is 18.4 Å². The number of amides is 1. The van der Waals surface area contributed by atoms with Gasteiger partial charge in [-0.15, -0.1) is 12.4 Å². The molecule has 20 heavy (non-hydrogen) atoms. The molecule has 2 aromatic rings. The summed E-state index contributed by atoms with van der Waals surface area (Å²) in [5.74, 6) is 4.83. The summed E-state index contributed by atoms with van der Waals surface area (Å²) in [6, 6.07) is 11.9. The van der Waals surface area contributed by atoms with Crippen molar-refractivity contribution in [1.29, 1.82) is 0 Å². The maximum atomic E-state index is 13.4. The topological polar surface area (TPSA) is 46.3 Å². The summed E-state index contributed by atoms with van der Waals surface area (Å²) < 4.78 is 13.4. The fourth-order valence-electron chi connectivity index (χ4n) is 2.51. The van der Waals surface area contributed by atoms with Gasteiger partial charge in [0.1, 0.15) is 5.82 Å². The third-order valence-corrected chi connectivity index (χ3v) is 3.54. The normalized spacial score (nSPS) is 16.9.